The van der Waals surface area contributed by atoms with Gasteiger partial charge >= 0.3 is 5.97 Å². The van der Waals surface area contributed by atoms with Crippen LogP contribution in [0.15, 0.2) is 29.3 Å². The zero-order valence-corrected chi connectivity index (χ0v) is 20.9. The predicted molar refractivity (Wildman–Crippen MR) is 137 cm³/mol. The van der Waals surface area contributed by atoms with Gasteiger partial charge < -0.3 is 43.4 Å². The Labute approximate surface area is 213 Å². The monoisotopic (exact) mass is 525 g/mol. The number of guanidine groups is 1. The van der Waals surface area contributed by atoms with Gasteiger partial charge in [0.2, 0.25) is 17.7 Å². The van der Waals surface area contributed by atoms with E-state index in [1.165, 1.54) is 23.9 Å². The van der Waals surface area contributed by atoms with Crippen LogP contribution in [-0.2, 0) is 25.6 Å². The van der Waals surface area contributed by atoms with Crippen molar-refractivity contribution in [3.63, 3.8) is 0 Å². The Morgan fingerprint density at radius 1 is 1.03 bits per heavy atom. The van der Waals surface area contributed by atoms with Gasteiger partial charge in [-0.2, -0.15) is 11.8 Å². The fraction of sp³-hybridized carbons (Fsp3) is 0.500. The number of thioether (sulfide) groups is 1. The third kappa shape index (κ3) is 12.3. The number of rotatable bonds is 16. The first-order valence-electron chi connectivity index (χ1n) is 11.2. The van der Waals surface area contributed by atoms with E-state index >= 15 is 0 Å². The highest BCUT2D eigenvalue weighted by atomic mass is 32.2. The normalized spacial score (nSPS) is 13.1. The molecule has 1 aromatic carbocycles. The maximum atomic E-state index is 12.7. The van der Waals surface area contributed by atoms with Crippen LogP contribution >= 0.6 is 11.8 Å². The Morgan fingerprint density at radius 3 is 2.28 bits per heavy atom. The second-order valence-electron chi connectivity index (χ2n) is 7.94. The van der Waals surface area contributed by atoms with Crippen molar-refractivity contribution < 1.29 is 29.4 Å². The molecule has 3 unspecified atom stereocenters. The Kier molecular flexibility index (Phi) is 13.7. The van der Waals surface area contributed by atoms with Gasteiger partial charge in [0.25, 0.3) is 0 Å². The van der Waals surface area contributed by atoms with E-state index in [9.17, 15) is 29.4 Å². The summed E-state index contributed by atoms with van der Waals surface area (Å²) in [4.78, 5) is 52.9. The lowest BCUT2D eigenvalue weighted by atomic mass is 10.1. The van der Waals surface area contributed by atoms with Crippen LogP contribution in [0.5, 0.6) is 5.75 Å². The van der Waals surface area contributed by atoms with E-state index in [1.54, 1.807) is 12.1 Å². The van der Waals surface area contributed by atoms with Crippen LogP contribution in [0, 0.1) is 0 Å². The van der Waals surface area contributed by atoms with E-state index in [-0.39, 0.29) is 31.1 Å². The molecule has 0 aliphatic carbocycles. The number of carbonyl (C=O) groups excluding carboxylic acids is 3. The summed E-state index contributed by atoms with van der Waals surface area (Å²) in [5, 5.41) is 26.1. The van der Waals surface area contributed by atoms with E-state index in [4.69, 9.17) is 17.2 Å². The molecule has 0 aliphatic rings. The molecular weight excluding hydrogens is 490 g/mol. The van der Waals surface area contributed by atoms with Crippen molar-refractivity contribution in [2.45, 2.75) is 43.8 Å². The minimum Gasteiger partial charge on any atom is -0.508 e. The van der Waals surface area contributed by atoms with Gasteiger partial charge in [0.05, 0.1) is 12.6 Å². The number of hydrogen-bond donors (Lipinski definition) is 8. The third-order valence-corrected chi connectivity index (χ3v) is 5.62. The van der Waals surface area contributed by atoms with Crippen molar-refractivity contribution in [2.75, 3.05) is 25.1 Å². The first-order valence-corrected chi connectivity index (χ1v) is 12.6. The summed E-state index contributed by atoms with van der Waals surface area (Å²) in [6.07, 6.45) is 2.84. The average Bonchev–Trinajstić information content (AvgIpc) is 2.83. The number of nitrogens with two attached hydrogens (primary N) is 3. The highest BCUT2D eigenvalue weighted by Crippen LogP contribution is 2.11. The van der Waals surface area contributed by atoms with Crippen LogP contribution in [0.2, 0.25) is 0 Å². The number of nitrogens with zero attached hydrogens (tertiary/aromatic N) is 1. The van der Waals surface area contributed by atoms with E-state index < -0.39 is 48.4 Å². The van der Waals surface area contributed by atoms with Crippen molar-refractivity contribution in [1.82, 2.24) is 16.0 Å². The molecule has 14 heteroatoms. The second-order valence-corrected chi connectivity index (χ2v) is 8.93. The maximum absolute atomic E-state index is 12.7. The standard InChI is InChI=1S/C22H35N7O6S/c1-36-10-8-15(23)19(32)29-16(3-2-9-26-22(24)25)20(33)27-12-18(31)28-17(21(34)35)11-13-4-6-14(30)7-5-13/h4-7,15-17,30H,2-3,8-12,23H2,1H3,(H,27,33)(H,28,31)(H,29,32)(H,34,35)(H4,24,25,26). The SMILES string of the molecule is CSCCC(N)C(=O)NC(CCCN=C(N)N)C(=O)NCC(=O)NC(Cc1ccc(O)cc1)C(=O)O. The van der Waals surface area contributed by atoms with Gasteiger partial charge in [0.1, 0.15) is 17.8 Å². The Bertz CT molecular complexity index is 909. The van der Waals surface area contributed by atoms with Gasteiger partial charge in [-0.15, -0.1) is 0 Å². The predicted octanol–water partition coefficient (Wildman–Crippen LogP) is -1.76. The van der Waals surface area contributed by atoms with E-state index in [0.29, 0.717) is 24.2 Å². The molecule has 13 nitrogen and oxygen atoms in total. The smallest absolute Gasteiger partial charge is 0.326 e. The van der Waals surface area contributed by atoms with Gasteiger partial charge in [0, 0.05) is 13.0 Å². The number of amides is 3. The first-order chi connectivity index (χ1) is 17.0. The molecule has 0 aliphatic heterocycles. The lowest BCUT2D eigenvalue weighted by molar-refractivity contribution is -0.141. The summed E-state index contributed by atoms with van der Waals surface area (Å²) in [6.45, 7) is -0.268. The summed E-state index contributed by atoms with van der Waals surface area (Å²) in [5.41, 5.74) is 17.1. The van der Waals surface area contributed by atoms with Gasteiger partial charge in [-0.3, -0.25) is 19.4 Å². The van der Waals surface area contributed by atoms with E-state index in [0.717, 1.165) is 0 Å². The largest absolute Gasteiger partial charge is 0.508 e. The van der Waals surface area contributed by atoms with Crippen LogP contribution in [0.4, 0.5) is 0 Å². The molecular formula is C22H35N7O6S. The van der Waals surface area contributed by atoms with Gasteiger partial charge in [0.15, 0.2) is 5.96 Å². The van der Waals surface area contributed by atoms with E-state index in [2.05, 4.69) is 20.9 Å². The molecule has 0 aromatic heterocycles. The minimum atomic E-state index is -1.26. The minimum absolute atomic E-state index is 0.0211. The average molecular weight is 526 g/mol. The van der Waals surface area contributed by atoms with Gasteiger partial charge in [-0.25, -0.2) is 4.79 Å². The molecule has 0 fully saturated rings. The number of carbonyl (C=O) groups is 4. The Balaban J connectivity index is 2.71. The fourth-order valence-corrected chi connectivity index (χ4v) is 3.52. The van der Waals surface area contributed by atoms with Gasteiger partial charge in [-0.1, -0.05) is 12.1 Å². The van der Waals surface area contributed by atoms with Gasteiger partial charge in [-0.05, 0) is 49.0 Å². The molecule has 0 radical (unpaired) electrons. The summed E-state index contributed by atoms with van der Waals surface area (Å²) in [7, 11) is 0. The number of carboxylic acid groups (broad SMARTS) is 1. The molecule has 3 amide bonds. The quantitative estimate of drug-likeness (QED) is 0.0687. The van der Waals surface area contributed by atoms with E-state index in [1.807, 2.05) is 6.26 Å². The number of aliphatic imine (C=N–C) groups is 1. The summed E-state index contributed by atoms with van der Waals surface area (Å²) >= 11 is 1.54. The molecule has 1 rings (SSSR count). The lowest BCUT2D eigenvalue weighted by Crippen LogP contribution is -2.53. The Morgan fingerprint density at radius 2 is 1.69 bits per heavy atom. The van der Waals surface area contributed by atoms with Crippen molar-refractivity contribution in [1.29, 1.82) is 0 Å². The topological polar surface area (TPSA) is 235 Å². The number of aromatic hydroxyl groups is 1. The molecule has 0 bridgehead atoms. The molecule has 0 spiro atoms. The number of benzene rings is 1. The van der Waals surface area contributed by atoms with Crippen LogP contribution < -0.4 is 33.2 Å². The van der Waals surface area contributed by atoms with Crippen molar-refractivity contribution in [3.05, 3.63) is 29.8 Å². The second kappa shape index (κ2) is 16.2. The van der Waals surface area contributed by atoms with Crippen LogP contribution in [0.1, 0.15) is 24.8 Å². The molecule has 0 saturated heterocycles. The number of nitrogens with one attached hydrogen (secondary N) is 3. The molecule has 11 N–H and O–H groups in total. The van der Waals surface area contributed by atoms with Crippen molar-refractivity contribution >= 4 is 41.4 Å². The number of phenolic OH excluding ortho intramolecular Hbond substituents is 1. The summed E-state index contributed by atoms with van der Waals surface area (Å²) in [6, 6.07) is 2.85. The Hall–Kier alpha value is -3.52. The lowest BCUT2D eigenvalue weighted by Gasteiger charge is -2.21. The van der Waals surface area contributed by atoms with Crippen molar-refractivity contribution in [3.8, 4) is 5.75 Å². The summed E-state index contributed by atoms with van der Waals surface area (Å²) < 4.78 is 0. The molecule has 0 heterocycles. The first kappa shape index (κ1) is 30.5. The van der Waals surface area contributed by atoms with Crippen LogP contribution in [-0.4, -0.2) is 83.1 Å². The zero-order valence-electron chi connectivity index (χ0n) is 20.1. The number of carboxylic acids is 1. The molecule has 3 atom stereocenters. The maximum Gasteiger partial charge on any atom is 0.326 e. The highest BCUT2D eigenvalue weighted by Gasteiger charge is 2.25. The molecule has 200 valence electrons. The summed E-state index contributed by atoms with van der Waals surface area (Å²) in [5.74, 6) is -2.52. The highest BCUT2D eigenvalue weighted by molar-refractivity contribution is 7.98. The number of hydrogen-bond acceptors (Lipinski definition) is 8. The molecule has 0 saturated carbocycles. The molecule has 36 heavy (non-hydrogen) atoms. The van der Waals surface area contributed by atoms with Crippen LogP contribution in [0.25, 0.3) is 0 Å². The fourth-order valence-electron chi connectivity index (χ4n) is 3.03. The van der Waals surface area contributed by atoms with Crippen molar-refractivity contribution in [2.24, 2.45) is 22.2 Å². The zero-order chi connectivity index (χ0) is 27.1. The molecule has 1 aromatic rings. The van der Waals surface area contributed by atoms with Crippen LogP contribution in [0.3, 0.4) is 0 Å². The third-order valence-electron chi connectivity index (χ3n) is 4.98. The number of phenols is 1. The number of aliphatic carboxylic acids is 1.